The highest BCUT2D eigenvalue weighted by molar-refractivity contribution is 4.89. The van der Waals surface area contributed by atoms with E-state index in [1.165, 1.54) is 12.8 Å². The maximum absolute atomic E-state index is 9.28. The van der Waals surface area contributed by atoms with E-state index in [0.29, 0.717) is 12.6 Å². The van der Waals surface area contributed by atoms with Crippen molar-refractivity contribution < 1.29 is 9.84 Å². The van der Waals surface area contributed by atoms with Crippen LogP contribution in [-0.4, -0.2) is 49.0 Å². The number of ether oxygens (including phenoxy) is 1. The summed E-state index contributed by atoms with van der Waals surface area (Å²) >= 11 is 0. The van der Waals surface area contributed by atoms with E-state index >= 15 is 0 Å². The number of nitrogens with zero attached hydrogens (tertiary/aromatic N) is 1. The number of hydrogen-bond donors (Lipinski definition) is 1. The standard InChI is InChI=1S/C11H21NO2/c1-11(9-13)4-5-12(8-11)10-3-2-6-14-7-10/h10,13H,2-9H2,1H3. The van der Waals surface area contributed by atoms with Gasteiger partial charge in [-0.25, -0.2) is 0 Å². The molecule has 2 aliphatic rings. The molecule has 0 amide bonds. The predicted molar refractivity (Wildman–Crippen MR) is 55.2 cm³/mol. The van der Waals surface area contributed by atoms with Gasteiger partial charge in [0.25, 0.3) is 0 Å². The largest absolute Gasteiger partial charge is 0.396 e. The van der Waals surface area contributed by atoms with Gasteiger partial charge in [-0.1, -0.05) is 6.92 Å². The lowest BCUT2D eigenvalue weighted by Gasteiger charge is -2.32. The van der Waals surface area contributed by atoms with Gasteiger partial charge in [-0.05, 0) is 25.8 Å². The van der Waals surface area contributed by atoms with Crippen LogP contribution in [0.15, 0.2) is 0 Å². The van der Waals surface area contributed by atoms with Gasteiger partial charge in [-0.3, -0.25) is 4.90 Å². The molecule has 2 heterocycles. The molecular weight excluding hydrogens is 178 g/mol. The van der Waals surface area contributed by atoms with Crippen LogP contribution in [0.3, 0.4) is 0 Å². The number of aliphatic hydroxyl groups excluding tert-OH is 1. The van der Waals surface area contributed by atoms with Crippen molar-refractivity contribution in [3.05, 3.63) is 0 Å². The van der Waals surface area contributed by atoms with Crippen LogP contribution in [0.4, 0.5) is 0 Å². The Labute approximate surface area is 86.0 Å². The number of rotatable bonds is 2. The van der Waals surface area contributed by atoms with Crippen LogP contribution in [0, 0.1) is 5.41 Å². The molecule has 2 atom stereocenters. The molecule has 2 aliphatic heterocycles. The van der Waals surface area contributed by atoms with Gasteiger partial charge in [0.05, 0.1) is 6.61 Å². The van der Waals surface area contributed by atoms with E-state index < -0.39 is 0 Å². The predicted octanol–water partition coefficient (Wildman–Crippen LogP) is 0.870. The third-order valence-electron chi connectivity index (χ3n) is 3.62. The molecule has 2 fully saturated rings. The molecule has 0 aromatic rings. The normalized spacial score (nSPS) is 40.3. The molecule has 0 aliphatic carbocycles. The Kier molecular flexibility index (Phi) is 3.10. The summed E-state index contributed by atoms with van der Waals surface area (Å²) in [5.41, 5.74) is 0.136. The van der Waals surface area contributed by atoms with Crippen LogP contribution in [0.2, 0.25) is 0 Å². The second-order valence-electron chi connectivity index (χ2n) is 5.06. The van der Waals surface area contributed by atoms with E-state index in [1.54, 1.807) is 0 Å². The minimum atomic E-state index is 0.136. The molecule has 0 saturated carbocycles. The lowest BCUT2D eigenvalue weighted by Crippen LogP contribution is -2.41. The molecule has 0 aromatic carbocycles. The highest BCUT2D eigenvalue weighted by Crippen LogP contribution is 2.31. The topological polar surface area (TPSA) is 32.7 Å². The van der Waals surface area contributed by atoms with Gasteiger partial charge in [-0.2, -0.15) is 0 Å². The van der Waals surface area contributed by atoms with Crippen LogP contribution in [-0.2, 0) is 4.74 Å². The van der Waals surface area contributed by atoms with Crippen molar-refractivity contribution in [1.29, 1.82) is 0 Å². The minimum Gasteiger partial charge on any atom is -0.396 e. The zero-order chi connectivity index (χ0) is 10.0. The monoisotopic (exact) mass is 199 g/mol. The third-order valence-corrected chi connectivity index (χ3v) is 3.62. The fourth-order valence-electron chi connectivity index (χ4n) is 2.51. The van der Waals surface area contributed by atoms with Gasteiger partial charge in [-0.15, -0.1) is 0 Å². The Bertz CT molecular complexity index is 192. The fourth-order valence-corrected chi connectivity index (χ4v) is 2.51. The van der Waals surface area contributed by atoms with Crippen LogP contribution >= 0.6 is 0 Å². The maximum atomic E-state index is 9.28. The Balaban J connectivity index is 1.88. The molecule has 0 bridgehead atoms. The quantitative estimate of drug-likeness (QED) is 0.716. The van der Waals surface area contributed by atoms with Crippen LogP contribution in [0.5, 0.6) is 0 Å². The molecule has 2 saturated heterocycles. The van der Waals surface area contributed by atoms with Crippen molar-refractivity contribution in [3.8, 4) is 0 Å². The van der Waals surface area contributed by atoms with E-state index in [4.69, 9.17) is 4.74 Å². The lowest BCUT2D eigenvalue weighted by molar-refractivity contribution is 0.0203. The molecule has 0 spiro atoms. The van der Waals surface area contributed by atoms with E-state index in [-0.39, 0.29) is 5.41 Å². The molecule has 82 valence electrons. The summed E-state index contributed by atoms with van der Waals surface area (Å²) in [7, 11) is 0. The third kappa shape index (κ3) is 2.10. The molecule has 3 heteroatoms. The van der Waals surface area contributed by atoms with Crippen molar-refractivity contribution >= 4 is 0 Å². The summed E-state index contributed by atoms with van der Waals surface area (Å²) in [6.45, 7) is 6.49. The van der Waals surface area contributed by atoms with Crippen LogP contribution in [0.25, 0.3) is 0 Å². The van der Waals surface area contributed by atoms with Gasteiger partial charge in [0.15, 0.2) is 0 Å². The van der Waals surface area contributed by atoms with Crippen molar-refractivity contribution in [1.82, 2.24) is 4.90 Å². The Morgan fingerprint density at radius 1 is 1.57 bits per heavy atom. The molecule has 2 rings (SSSR count). The van der Waals surface area contributed by atoms with Gasteiger partial charge < -0.3 is 9.84 Å². The summed E-state index contributed by atoms with van der Waals surface area (Å²) in [5.74, 6) is 0. The first-order chi connectivity index (χ1) is 6.73. The fraction of sp³-hybridized carbons (Fsp3) is 1.00. The van der Waals surface area contributed by atoms with Crippen molar-refractivity contribution in [2.24, 2.45) is 5.41 Å². The Morgan fingerprint density at radius 3 is 3.00 bits per heavy atom. The molecule has 14 heavy (non-hydrogen) atoms. The zero-order valence-electron chi connectivity index (χ0n) is 9.04. The van der Waals surface area contributed by atoms with Crippen LogP contribution < -0.4 is 0 Å². The first kappa shape index (κ1) is 10.4. The SMILES string of the molecule is CC1(CO)CCN(C2CCCOC2)C1. The summed E-state index contributed by atoms with van der Waals surface area (Å²) < 4.78 is 5.49. The molecule has 1 N–H and O–H groups in total. The van der Waals surface area contributed by atoms with E-state index in [1.807, 2.05) is 0 Å². The maximum Gasteiger partial charge on any atom is 0.0621 e. The molecular formula is C11H21NO2. The first-order valence-electron chi connectivity index (χ1n) is 5.66. The molecule has 3 nitrogen and oxygen atoms in total. The number of likely N-dealkylation sites (tertiary alicyclic amines) is 1. The second-order valence-corrected chi connectivity index (χ2v) is 5.06. The smallest absolute Gasteiger partial charge is 0.0621 e. The molecule has 0 aromatic heterocycles. The van der Waals surface area contributed by atoms with Crippen LogP contribution in [0.1, 0.15) is 26.2 Å². The zero-order valence-corrected chi connectivity index (χ0v) is 9.04. The molecule has 2 unspecified atom stereocenters. The van der Waals surface area contributed by atoms with Gasteiger partial charge in [0.1, 0.15) is 0 Å². The van der Waals surface area contributed by atoms with Crippen molar-refractivity contribution in [2.75, 3.05) is 32.9 Å². The summed E-state index contributed by atoms with van der Waals surface area (Å²) in [4.78, 5) is 2.50. The van der Waals surface area contributed by atoms with E-state index in [9.17, 15) is 5.11 Å². The first-order valence-corrected chi connectivity index (χ1v) is 5.66. The summed E-state index contributed by atoms with van der Waals surface area (Å²) in [6, 6.07) is 0.608. The van der Waals surface area contributed by atoms with Gasteiger partial charge in [0, 0.05) is 31.2 Å². The van der Waals surface area contributed by atoms with Crippen molar-refractivity contribution in [3.63, 3.8) is 0 Å². The highest BCUT2D eigenvalue weighted by atomic mass is 16.5. The van der Waals surface area contributed by atoms with Gasteiger partial charge >= 0.3 is 0 Å². The summed E-state index contributed by atoms with van der Waals surface area (Å²) in [5, 5.41) is 9.28. The highest BCUT2D eigenvalue weighted by Gasteiger charge is 2.36. The van der Waals surface area contributed by atoms with E-state index in [2.05, 4.69) is 11.8 Å². The number of aliphatic hydroxyl groups is 1. The minimum absolute atomic E-state index is 0.136. The van der Waals surface area contributed by atoms with E-state index in [0.717, 1.165) is 32.7 Å². The van der Waals surface area contributed by atoms with Gasteiger partial charge in [0.2, 0.25) is 0 Å². The Morgan fingerprint density at radius 2 is 2.43 bits per heavy atom. The lowest BCUT2D eigenvalue weighted by atomic mass is 9.91. The second kappa shape index (κ2) is 4.17. The summed E-state index contributed by atoms with van der Waals surface area (Å²) in [6.07, 6.45) is 3.58. The number of hydrogen-bond acceptors (Lipinski definition) is 3. The average Bonchev–Trinajstić information content (AvgIpc) is 2.63. The molecule has 0 radical (unpaired) electrons. The Hall–Kier alpha value is -0.120. The van der Waals surface area contributed by atoms with Crippen molar-refractivity contribution in [2.45, 2.75) is 32.2 Å². The average molecular weight is 199 g/mol.